The number of ether oxygens (including phenoxy) is 2. The van der Waals surface area contributed by atoms with Gasteiger partial charge in [0.25, 0.3) is 0 Å². The van der Waals surface area contributed by atoms with Gasteiger partial charge >= 0.3 is 6.36 Å². The summed E-state index contributed by atoms with van der Waals surface area (Å²) in [6.07, 6.45) is 2.09. The highest BCUT2D eigenvalue weighted by atomic mass is 19.4. The van der Waals surface area contributed by atoms with Crippen LogP contribution in [0.1, 0.15) is 12.5 Å². The van der Waals surface area contributed by atoms with E-state index in [9.17, 15) is 13.2 Å². The van der Waals surface area contributed by atoms with Crippen LogP contribution >= 0.6 is 0 Å². The average Bonchev–Trinajstić information content (AvgIpc) is 3.28. The zero-order valence-corrected chi connectivity index (χ0v) is 16.0. The molecule has 1 N–H and O–H groups in total. The first-order chi connectivity index (χ1) is 14.2. The van der Waals surface area contributed by atoms with E-state index < -0.39 is 12.0 Å². The highest BCUT2D eigenvalue weighted by Crippen LogP contribution is 2.34. The van der Waals surface area contributed by atoms with Crippen LogP contribution in [0.5, 0.6) is 11.5 Å². The predicted octanol–water partition coefficient (Wildman–Crippen LogP) is 4.05. The lowest BCUT2D eigenvalue weighted by atomic mass is 9.96. The molecule has 0 saturated heterocycles. The summed E-state index contributed by atoms with van der Waals surface area (Å²) < 4.78 is 48.2. The fourth-order valence-electron chi connectivity index (χ4n) is 2.94. The SMILES string of the molecule is Cn1cc(-c2ccc(OC3=C[C@@](C)(c4ccc(OC(F)(F)F)cc4)ON3)cn2)cn1. The van der Waals surface area contributed by atoms with Crippen molar-refractivity contribution in [3.63, 3.8) is 0 Å². The summed E-state index contributed by atoms with van der Waals surface area (Å²) in [4.78, 5) is 9.94. The van der Waals surface area contributed by atoms with Gasteiger partial charge in [-0.05, 0) is 36.8 Å². The smallest absolute Gasteiger partial charge is 0.438 e. The Kier molecular flexibility index (Phi) is 4.86. The van der Waals surface area contributed by atoms with E-state index in [0.717, 1.165) is 11.3 Å². The van der Waals surface area contributed by atoms with Crippen LogP contribution in [-0.4, -0.2) is 21.1 Å². The Bertz CT molecular complexity index is 1060. The molecule has 1 aromatic carbocycles. The Morgan fingerprint density at radius 2 is 1.80 bits per heavy atom. The summed E-state index contributed by atoms with van der Waals surface area (Å²) in [7, 11) is 1.83. The van der Waals surface area contributed by atoms with Gasteiger partial charge in [-0.25, -0.2) is 5.48 Å². The molecule has 0 saturated carbocycles. The lowest BCUT2D eigenvalue weighted by molar-refractivity contribution is -0.274. The van der Waals surface area contributed by atoms with Crippen molar-refractivity contribution in [2.24, 2.45) is 7.05 Å². The molecule has 4 rings (SSSR count). The average molecular weight is 418 g/mol. The molecular formula is C20H17F3N4O3. The van der Waals surface area contributed by atoms with Crippen molar-refractivity contribution in [1.82, 2.24) is 20.2 Å². The number of nitrogens with one attached hydrogen (secondary N) is 1. The molecule has 1 aliphatic rings. The molecule has 0 spiro atoms. The third kappa shape index (κ3) is 4.38. The number of alkyl halides is 3. The number of hydroxylamine groups is 1. The quantitative estimate of drug-likeness (QED) is 0.674. The zero-order chi connectivity index (χ0) is 21.4. The molecule has 7 nitrogen and oxygen atoms in total. The van der Waals surface area contributed by atoms with Crippen LogP contribution in [0.25, 0.3) is 11.3 Å². The second-order valence-electron chi connectivity index (χ2n) is 6.78. The first-order valence-electron chi connectivity index (χ1n) is 8.86. The molecule has 0 unspecified atom stereocenters. The van der Waals surface area contributed by atoms with Gasteiger partial charge in [-0.1, -0.05) is 12.1 Å². The Morgan fingerprint density at radius 3 is 2.40 bits per heavy atom. The van der Waals surface area contributed by atoms with E-state index in [0.29, 0.717) is 17.2 Å². The van der Waals surface area contributed by atoms with Gasteiger partial charge in [-0.3, -0.25) is 14.5 Å². The first kappa shape index (κ1) is 19.8. The molecular weight excluding hydrogens is 401 g/mol. The van der Waals surface area contributed by atoms with Crippen LogP contribution in [0, 0.1) is 0 Å². The van der Waals surface area contributed by atoms with Crippen molar-refractivity contribution in [2.75, 3.05) is 0 Å². The van der Waals surface area contributed by atoms with Gasteiger partial charge in [-0.2, -0.15) is 5.10 Å². The van der Waals surface area contributed by atoms with Gasteiger partial charge in [0.05, 0.1) is 18.1 Å². The van der Waals surface area contributed by atoms with Crippen molar-refractivity contribution in [2.45, 2.75) is 18.9 Å². The Balaban J connectivity index is 1.45. The van der Waals surface area contributed by atoms with Crippen molar-refractivity contribution >= 4 is 0 Å². The van der Waals surface area contributed by atoms with Crippen LogP contribution in [0.3, 0.4) is 0 Å². The monoisotopic (exact) mass is 418 g/mol. The van der Waals surface area contributed by atoms with E-state index >= 15 is 0 Å². The highest BCUT2D eigenvalue weighted by molar-refractivity contribution is 5.57. The molecule has 1 atom stereocenters. The van der Waals surface area contributed by atoms with Crippen molar-refractivity contribution in [1.29, 1.82) is 0 Å². The third-order valence-corrected chi connectivity index (χ3v) is 4.40. The molecule has 3 heterocycles. The van der Waals surface area contributed by atoms with Gasteiger partial charge in [0.2, 0.25) is 5.88 Å². The van der Waals surface area contributed by atoms with Crippen LogP contribution in [0.15, 0.2) is 66.9 Å². The van der Waals surface area contributed by atoms with E-state index in [1.54, 1.807) is 42.2 Å². The Morgan fingerprint density at radius 1 is 1.07 bits per heavy atom. The van der Waals surface area contributed by atoms with E-state index in [2.05, 4.69) is 20.3 Å². The maximum absolute atomic E-state index is 12.3. The fraction of sp³-hybridized carbons (Fsp3) is 0.200. The van der Waals surface area contributed by atoms with Crippen LogP contribution in [0.2, 0.25) is 0 Å². The van der Waals surface area contributed by atoms with Gasteiger partial charge < -0.3 is 9.47 Å². The maximum atomic E-state index is 12.3. The lowest BCUT2D eigenvalue weighted by Crippen LogP contribution is -2.23. The number of rotatable bonds is 5. The standard InChI is InChI=1S/C20H17F3N4O3/c1-19(14-3-5-15(6-4-14)29-20(21,22)23)9-18(26-30-19)28-16-7-8-17(24-11-16)13-10-25-27(2)12-13/h3-12,26H,1-2H3/t19-/m0/s1. The molecule has 2 aromatic heterocycles. The number of aromatic nitrogens is 3. The molecule has 0 fully saturated rings. The van der Waals surface area contributed by atoms with E-state index in [4.69, 9.17) is 9.57 Å². The minimum Gasteiger partial charge on any atom is -0.438 e. The highest BCUT2D eigenvalue weighted by Gasteiger charge is 2.34. The first-order valence-corrected chi connectivity index (χ1v) is 8.86. The Hall–Kier alpha value is -3.53. The molecule has 1 aliphatic heterocycles. The summed E-state index contributed by atoms with van der Waals surface area (Å²) in [5.41, 5.74) is 4.01. The third-order valence-electron chi connectivity index (χ3n) is 4.40. The summed E-state index contributed by atoms with van der Waals surface area (Å²) in [6.45, 7) is 1.75. The number of hydrogen-bond donors (Lipinski definition) is 1. The van der Waals surface area contributed by atoms with E-state index in [1.165, 1.54) is 24.3 Å². The number of hydrogen-bond acceptors (Lipinski definition) is 6. The summed E-state index contributed by atoms with van der Waals surface area (Å²) in [5, 5.41) is 4.11. The van der Waals surface area contributed by atoms with Gasteiger partial charge in [0.15, 0.2) is 0 Å². The minimum absolute atomic E-state index is 0.305. The topological polar surface area (TPSA) is 70.4 Å². The van der Waals surface area contributed by atoms with Gasteiger partial charge in [-0.15, -0.1) is 13.2 Å². The number of halogens is 3. The Labute approximate surface area is 169 Å². The molecule has 10 heteroatoms. The largest absolute Gasteiger partial charge is 0.573 e. The van der Waals surface area contributed by atoms with E-state index in [-0.39, 0.29) is 5.75 Å². The van der Waals surface area contributed by atoms with Crippen LogP contribution in [0.4, 0.5) is 13.2 Å². The van der Waals surface area contributed by atoms with Gasteiger partial charge in [0.1, 0.15) is 17.1 Å². The molecule has 156 valence electrons. The van der Waals surface area contributed by atoms with Crippen LogP contribution < -0.4 is 15.0 Å². The fourth-order valence-corrected chi connectivity index (χ4v) is 2.94. The number of pyridine rings is 1. The van der Waals surface area contributed by atoms with Crippen molar-refractivity contribution in [3.8, 4) is 22.8 Å². The maximum Gasteiger partial charge on any atom is 0.573 e. The summed E-state index contributed by atoms with van der Waals surface area (Å²) in [6, 6.07) is 9.01. The number of benzene rings is 1. The normalized spacial score (nSPS) is 18.6. The summed E-state index contributed by atoms with van der Waals surface area (Å²) >= 11 is 0. The van der Waals surface area contributed by atoms with E-state index in [1.807, 2.05) is 13.2 Å². The molecule has 0 radical (unpaired) electrons. The van der Waals surface area contributed by atoms with Crippen LogP contribution in [-0.2, 0) is 17.5 Å². The van der Waals surface area contributed by atoms with Crippen molar-refractivity contribution in [3.05, 3.63) is 72.5 Å². The minimum atomic E-state index is -4.74. The molecule has 30 heavy (non-hydrogen) atoms. The molecule has 0 amide bonds. The lowest BCUT2D eigenvalue weighted by Gasteiger charge is -2.20. The van der Waals surface area contributed by atoms with Crippen molar-refractivity contribution < 1.29 is 27.5 Å². The predicted molar refractivity (Wildman–Crippen MR) is 99.8 cm³/mol. The number of nitrogens with zero attached hydrogens (tertiary/aromatic N) is 3. The zero-order valence-electron chi connectivity index (χ0n) is 16.0. The number of aryl methyl sites for hydroxylation is 1. The molecule has 3 aromatic rings. The second kappa shape index (κ2) is 7.38. The second-order valence-corrected chi connectivity index (χ2v) is 6.78. The molecule has 0 aliphatic carbocycles. The molecule has 0 bridgehead atoms. The summed E-state index contributed by atoms with van der Waals surface area (Å²) in [5.74, 6) is 0.522. The van der Waals surface area contributed by atoms with Gasteiger partial charge in [0, 0.05) is 24.9 Å².